The van der Waals surface area contributed by atoms with E-state index in [1.54, 1.807) is 7.11 Å². The van der Waals surface area contributed by atoms with Gasteiger partial charge in [-0.1, -0.05) is 38.1 Å². The van der Waals surface area contributed by atoms with Crippen LogP contribution in [-0.4, -0.2) is 7.11 Å². The van der Waals surface area contributed by atoms with Crippen molar-refractivity contribution in [2.45, 2.75) is 32.9 Å². The molecule has 20 heavy (non-hydrogen) atoms. The quantitative estimate of drug-likeness (QED) is 0.824. The molecule has 3 heteroatoms. The number of nitrogens with one attached hydrogen (secondary N) is 1. The fourth-order valence-electron chi connectivity index (χ4n) is 2.45. The fraction of sp³-hybridized carbons (Fsp3) is 0.412. The Labute approximate surface area is 125 Å². The van der Waals surface area contributed by atoms with Crippen LogP contribution >= 0.6 is 11.3 Å². The van der Waals surface area contributed by atoms with Gasteiger partial charge in [0.05, 0.1) is 7.11 Å². The van der Waals surface area contributed by atoms with E-state index in [0.717, 1.165) is 5.75 Å². The van der Waals surface area contributed by atoms with Crippen LogP contribution in [0.2, 0.25) is 0 Å². The molecule has 1 unspecified atom stereocenters. The summed E-state index contributed by atoms with van der Waals surface area (Å²) in [6.45, 7) is 6.71. The van der Waals surface area contributed by atoms with Gasteiger partial charge in [0.1, 0.15) is 5.75 Å². The molecule has 0 bridgehead atoms. The molecule has 1 heterocycles. The Morgan fingerprint density at radius 2 is 1.80 bits per heavy atom. The third-order valence-electron chi connectivity index (χ3n) is 3.55. The van der Waals surface area contributed by atoms with E-state index in [4.69, 9.17) is 4.74 Å². The molecule has 1 aromatic heterocycles. The van der Waals surface area contributed by atoms with Crippen LogP contribution < -0.4 is 10.1 Å². The number of para-hydroxylation sites is 1. The Morgan fingerprint density at radius 1 is 1.05 bits per heavy atom. The van der Waals surface area contributed by atoms with Crippen molar-refractivity contribution in [3.63, 3.8) is 0 Å². The van der Waals surface area contributed by atoms with Crippen molar-refractivity contribution in [3.8, 4) is 5.75 Å². The van der Waals surface area contributed by atoms with E-state index in [1.807, 2.05) is 23.5 Å². The highest BCUT2D eigenvalue weighted by Crippen LogP contribution is 2.31. The first kappa shape index (κ1) is 15.1. The van der Waals surface area contributed by atoms with E-state index < -0.39 is 0 Å². The molecule has 0 aliphatic carbocycles. The van der Waals surface area contributed by atoms with Crippen molar-refractivity contribution < 1.29 is 4.74 Å². The van der Waals surface area contributed by atoms with Gasteiger partial charge in [-0.3, -0.25) is 0 Å². The molecule has 0 fully saturated rings. The average molecular weight is 289 g/mol. The van der Waals surface area contributed by atoms with E-state index in [9.17, 15) is 0 Å². The summed E-state index contributed by atoms with van der Waals surface area (Å²) in [5, 5.41) is 5.88. The standard InChI is InChI=1S/C17H23NOS/c1-12(2)17(16-10-7-11-20-16)18-13(3)14-8-5-6-9-15(14)19-4/h5-13,17-18H,1-4H3/t13-,17?/m0/s1. The van der Waals surface area contributed by atoms with E-state index in [0.29, 0.717) is 12.0 Å². The third-order valence-corrected chi connectivity index (χ3v) is 4.51. The number of hydrogen-bond acceptors (Lipinski definition) is 3. The van der Waals surface area contributed by atoms with E-state index in [2.05, 4.69) is 55.7 Å². The molecule has 2 nitrogen and oxygen atoms in total. The van der Waals surface area contributed by atoms with Gasteiger partial charge in [-0.25, -0.2) is 0 Å². The second-order valence-corrected chi connectivity index (χ2v) is 6.35. The smallest absolute Gasteiger partial charge is 0.123 e. The van der Waals surface area contributed by atoms with Gasteiger partial charge in [-0.15, -0.1) is 11.3 Å². The molecule has 2 aromatic rings. The van der Waals surface area contributed by atoms with Crippen molar-refractivity contribution in [1.29, 1.82) is 0 Å². The summed E-state index contributed by atoms with van der Waals surface area (Å²) in [5.74, 6) is 1.49. The minimum Gasteiger partial charge on any atom is -0.496 e. The SMILES string of the molecule is COc1ccccc1[C@H](C)NC(c1cccs1)C(C)C. The third kappa shape index (κ3) is 3.41. The first-order valence-corrected chi connectivity index (χ1v) is 7.93. The molecule has 0 saturated carbocycles. The molecule has 2 rings (SSSR count). The van der Waals surface area contributed by atoms with Crippen molar-refractivity contribution in [3.05, 3.63) is 52.2 Å². The van der Waals surface area contributed by atoms with Gasteiger partial charge >= 0.3 is 0 Å². The maximum Gasteiger partial charge on any atom is 0.123 e. The van der Waals surface area contributed by atoms with Crippen LogP contribution in [-0.2, 0) is 0 Å². The molecule has 1 aromatic carbocycles. The van der Waals surface area contributed by atoms with Crippen molar-refractivity contribution >= 4 is 11.3 Å². The molecule has 0 spiro atoms. The van der Waals surface area contributed by atoms with Crippen LogP contribution in [0.25, 0.3) is 0 Å². The number of thiophene rings is 1. The van der Waals surface area contributed by atoms with Crippen molar-refractivity contribution in [2.75, 3.05) is 7.11 Å². The first-order valence-electron chi connectivity index (χ1n) is 7.05. The lowest BCUT2D eigenvalue weighted by molar-refractivity contribution is 0.363. The van der Waals surface area contributed by atoms with Gasteiger partial charge in [0.25, 0.3) is 0 Å². The molecule has 2 atom stereocenters. The summed E-state index contributed by atoms with van der Waals surface area (Å²) >= 11 is 1.81. The van der Waals surface area contributed by atoms with Crippen LogP contribution in [0.15, 0.2) is 41.8 Å². The molecular formula is C17H23NOS. The molecule has 0 aliphatic heterocycles. The van der Waals surface area contributed by atoms with Gasteiger partial charge in [0, 0.05) is 22.5 Å². The van der Waals surface area contributed by atoms with Crippen molar-refractivity contribution in [2.24, 2.45) is 5.92 Å². The van der Waals surface area contributed by atoms with E-state index >= 15 is 0 Å². The highest BCUT2D eigenvalue weighted by Gasteiger charge is 2.20. The second kappa shape index (κ2) is 6.91. The second-order valence-electron chi connectivity index (χ2n) is 5.37. The first-order chi connectivity index (χ1) is 9.63. The van der Waals surface area contributed by atoms with Crippen LogP contribution in [0.1, 0.15) is 43.3 Å². The predicted molar refractivity (Wildman–Crippen MR) is 86.4 cm³/mol. The molecular weight excluding hydrogens is 266 g/mol. The Morgan fingerprint density at radius 3 is 2.40 bits per heavy atom. The maximum absolute atomic E-state index is 5.46. The lowest BCUT2D eigenvalue weighted by Gasteiger charge is -2.26. The zero-order valence-electron chi connectivity index (χ0n) is 12.6. The van der Waals surface area contributed by atoms with Gasteiger partial charge in [0.2, 0.25) is 0 Å². The Balaban J connectivity index is 2.18. The number of ether oxygens (including phenoxy) is 1. The Hall–Kier alpha value is -1.32. The number of hydrogen-bond donors (Lipinski definition) is 1. The molecule has 0 radical (unpaired) electrons. The number of rotatable bonds is 6. The summed E-state index contributed by atoms with van der Waals surface area (Å²) in [6, 6.07) is 13.2. The van der Waals surface area contributed by atoms with Crippen LogP contribution in [0, 0.1) is 5.92 Å². The molecule has 108 valence electrons. The van der Waals surface area contributed by atoms with Crippen LogP contribution in [0.4, 0.5) is 0 Å². The van der Waals surface area contributed by atoms with Gasteiger partial charge < -0.3 is 10.1 Å². The number of methoxy groups -OCH3 is 1. The minimum atomic E-state index is 0.251. The number of benzene rings is 1. The monoisotopic (exact) mass is 289 g/mol. The molecule has 0 amide bonds. The molecule has 0 aliphatic rings. The summed E-state index contributed by atoms with van der Waals surface area (Å²) in [7, 11) is 1.73. The topological polar surface area (TPSA) is 21.3 Å². The Kier molecular flexibility index (Phi) is 5.21. The van der Waals surface area contributed by atoms with Crippen molar-refractivity contribution in [1.82, 2.24) is 5.32 Å². The van der Waals surface area contributed by atoms with E-state index in [-0.39, 0.29) is 6.04 Å². The summed E-state index contributed by atoms with van der Waals surface area (Å²) in [5.41, 5.74) is 1.21. The normalized spacial score (nSPS) is 14.2. The van der Waals surface area contributed by atoms with Crippen LogP contribution in [0.3, 0.4) is 0 Å². The summed E-state index contributed by atoms with van der Waals surface area (Å²) in [6.07, 6.45) is 0. The Bertz CT molecular complexity index is 522. The van der Waals surface area contributed by atoms with Gasteiger partial charge in [0.15, 0.2) is 0 Å². The zero-order chi connectivity index (χ0) is 14.5. The largest absolute Gasteiger partial charge is 0.496 e. The summed E-state index contributed by atoms with van der Waals surface area (Å²) in [4.78, 5) is 1.39. The highest BCUT2D eigenvalue weighted by atomic mass is 32.1. The van der Waals surface area contributed by atoms with Gasteiger partial charge in [-0.05, 0) is 30.4 Å². The maximum atomic E-state index is 5.46. The fourth-order valence-corrected chi connectivity index (χ4v) is 3.41. The molecule has 0 saturated heterocycles. The van der Waals surface area contributed by atoms with Crippen LogP contribution in [0.5, 0.6) is 5.75 Å². The lowest BCUT2D eigenvalue weighted by atomic mass is 9.99. The lowest BCUT2D eigenvalue weighted by Crippen LogP contribution is -2.28. The molecule has 1 N–H and O–H groups in total. The highest BCUT2D eigenvalue weighted by molar-refractivity contribution is 7.10. The minimum absolute atomic E-state index is 0.251. The average Bonchev–Trinajstić information content (AvgIpc) is 2.97. The summed E-state index contributed by atoms with van der Waals surface area (Å²) < 4.78 is 5.46. The zero-order valence-corrected chi connectivity index (χ0v) is 13.4. The predicted octanol–water partition coefficient (Wildman–Crippen LogP) is 4.80. The van der Waals surface area contributed by atoms with Gasteiger partial charge in [-0.2, -0.15) is 0 Å². The van der Waals surface area contributed by atoms with E-state index in [1.165, 1.54) is 10.4 Å².